The summed E-state index contributed by atoms with van der Waals surface area (Å²) < 4.78 is 18.3. The Kier molecular flexibility index (Phi) is 5.41. The van der Waals surface area contributed by atoms with Crippen LogP contribution in [0.2, 0.25) is 0 Å². The number of hydrogen-bond donors (Lipinski definition) is 0. The minimum atomic E-state index is -3.72. The van der Waals surface area contributed by atoms with Crippen molar-refractivity contribution in [3.8, 4) is 0 Å². The highest BCUT2D eigenvalue weighted by molar-refractivity contribution is 8.31. The molecule has 0 spiro atoms. The van der Waals surface area contributed by atoms with E-state index in [0.717, 1.165) is 11.4 Å². The highest BCUT2D eigenvalue weighted by Gasteiger charge is 1.89. The van der Waals surface area contributed by atoms with Gasteiger partial charge in [0.25, 0.3) is 0 Å². The summed E-state index contributed by atoms with van der Waals surface area (Å²) in [4.78, 5) is 4.23. The van der Waals surface area contributed by atoms with Crippen LogP contribution < -0.4 is 0 Å². The summed E-state index contributed by atoms with van der Waals surface area (Å²) in [5, 5.41) is 0. The molecule has 0 unspecified atom stereocenters. The maximum atomic E-state index is 9.16. The molecule has 0 saturated carbocycles. The Morgan fingerprint density at radius 3 is 1.57 bits per heavy atom. The number of aryl methyl sites for hydroxylation is 3. The molecule has 1 heterocycles. The van der Waals surface area contributed by atoms with Crippen LogP contribution in [0.3, 0.4) is 0 Å². The molecule has 6 heteroatoms. The lowest BCUT2D eigenvalue weighted by Crippen LogP contribution is -1.85. The molecular weight excluding hydrogens is 245 g/mol. The number of hydrogen-bond acceptors (Lipinski definition) is 3. The van der Waals surface area contributed by atoms with Crippen molar-refractivity contribution < 1.29 is 8.42 Å². The van der Waals surface area contributed by atoms with E-state index in [-0.39, 0.29) is 0 Å². The van der Waals surface area contributed by atoms with Gasteiger partial charge in [-0.05, 0) is 38.5 Å². The van der Waals surface area contributed by atoms with E-state index in [4.69, 9.17) is 8.42 Å². The Morgan fingerprint density at radius 2 is 1.36 bits per heavy atom. The molecule has 0 N–H and O–H groups in total. The predicted octanol–water partition coefficient (Wildman–Crippen LogP) is 2.72. The molecule has 0 aliphatic heterocycles. The smallest absolute Gasteiger partial charge is 0.258 e. The van der Waals surface area contributed by atoms with Gasteiger partial charge in [-0.2, -0.15) is 8.42 Å². The first-order valence-corrected chi connectivity index (χ1v) is 6.88. The summed E-state index contributed by atoms with van der Waals surface area (Å²) in [6, 6.07) is 4.15. The number of halogens is 2. The van der Waals surface area contributed by atoms with Crippen LogP contribution in [-0.4, -0.2) is 13.4 Å². The molecule has 0 aromatic carbocycles. The second-order valence-corrected chi connectivity index (χ2v) is 6.47. The topological polar surface area (TPSA) is 47.0 Å². The van der Waals surface area contributed by atoms with Gasteiger partial charge in [-0.15, -0.1) is 0 Å². The summed E-state index contributed by atoms with van der Waals surface area (Å²) >= 11 is 0. The fourth-order valence-corrected chi connectivity index (χ4v) is 1.04. The zero-order valence-corrected chi connectivity index (χ0v) is 10.4. The lowest BCUT2D eigenvalue weighted by Gasteiger charge is -1.96. The quantitative estimate of drug-likeness (QED) is 0.670. The molecule has 0 bridgehead atoms. The molecule has 0 aliphatic carbocycles. The van der Waals surface area contributed by atoms with Gasteiger partial charge in [0.1, 0.15) is 0 Å². The molecule has 0 aliphatic rings. The van der Waals surface area contributed by atoms with Crippen molar-refractivity contribution in [1.82, 2.24) is 4.98 Å². The number of rotatable bonds is 0. The van der Waals surface area contributed by atoms with E-state index in [9.17, 15) is 0 Å². The van der Waals surface area contributed by atoms with Crippen molar-refractivity contribution in [3.05, 3.63) is 29.1 Å². The first-order chi connectivity index (χ1) is 6.18. The highest BCUT2D eigenvalue weighted by atomic mass is 36.0. The monoisotopic (exact) mass is 255 g/mol. The molecule has 1 rings (SSSR count). The standard InChI is InChI=1S/C8H11N.Cl2O2S/c1-6-4-7(2)9-8(3)5-6;1-5(2,3)4/h4-5H,1-3H3;. The van der Waals surface area contributed by atoms with Crippen molar-refractivity contribution in [3.63, 3.8) is 0 Å². The fraction of sp³-hybridized carbons (Fsp3) is 0.375. The van der Waals surface area contributed by atoms with Gasteiger partial charge in [0.2, 0.25) is 0 Å². The van der Waals surface area contributed by atoms with Crippen molar-refractivity contribution in [2.24, 2.45) is 0 Å². The van der Waals surface area contributed by atoms with Gasteiger partial charge in [0.15, 0.2) is 0 Å². The van der Waals surface area contributed by atoms with E-state index in [1.165, 1.54) is 5.56 Å². The normalized spacial score (nSPS) is 10.4. The average Bonchev–Trinajstić information content (AvgIpc) is 1.77. The molecule has 0 radical (unpaired) electrons. The van der Waals surface area contributed by atoms with Crippen LogP contribution in [0.4, 0.5) is 0 Å². The van der Waals surface area contributed by atoms with E-state index in [2.05, 4.69) is 45.4 Å². The van der Waals surface area contributed by atoms with E-state index in [0.29, 0.717) is 0 Å². The number of pyridine rings is 1. The van der Waals surface area contributed by atoms with Crippen LogP contribution in [0, 0.1) is 20.8 Å². The average molecular weight is 256 g/mol. The van der Waals surface area contributed by atoms with Gasteiger partial charge < -0.3 is 0 Å². The summed E-state index contributed by atoms with van der Waals surface area (Å²) in [5.74, 6) is 0. The largest absolute Gasteiger partial charge is 0.317 e. The van der Waals surface area contributed by atoms with Gasteiger partial charge in [-0.25, -0.2) is 0 Å². The Balaban J connectivity index is 0.000000292. The van der Waals surface area contributed by atoms with Gasteiger partial charge in [-0.1, -0.05) is 0 Å². The van der Waals surface area contributed by atoms with Crippen LogP contribution >= 0.6 is 21.4 Å². The molecule has 1 aromatic heterocycles. The highest BCUT2D eigenvalue weighted by Crippen LogP contribution is 2.01. The van der Waals surface area contributed by atoms with E-state index >= 15 is 0 Å². The summed E-state index contributed by atoms with van der Waals surface area (Å²) in [6.07, 6.45) is 0. The molecule has 3 nitrogen and oxygen atoms in total. The first-order valence-electron chi connectivity index (χ1n) is 3.74. The first kappa shape index (κ1) is 13.7. The predicted molar refractivity (Wildman–Crippen MR) is 59.1 cm³/mol. The third kappa shape index (κ3) is 9.77. The molecule has 1 aromatic rings. The third-order valence-electron chi connectivity index (χ3n) is 1.23. The minimum absolute atomic E-state index is 1.10. The van der Waals surface area contributed by atoms with E-state index in [1.54, 1.807) is 0 Å². The third-order valence-corrected chi connectivity index (χ3v) is 1.23. The Bertz CT molecular complexity index is 345. The van der Waals surface area contributed by atoms with Crippen molar-refractivity contribution in [2.75, 3.05) is 0 Å². The molecule has 14 heavy (non-hydrogen) atoms. The second-order valence-electron chi connectivity index (χ2n) is 2.81. The molecule has 80 valence electrons. The van der Waals surface area contributed by atoms with Gasteiger partial charge >= 0.3 is 8.26 Å². The number of nitrogens with zero attached hydrogens (tertiary/aromatic N) is 1. The van der Waals surface area contributed by atoms with Crippen molar-refractivity contribution in [2.45, 2.75) is 20.8 Å². The molecule has 0 saturated heterocycles. The van der Waals surface area contributed by atoms with Crippen LogP contribution in [0.5, 0.6) is 0 Å². The fourth-order valence-electron chi connectivity index (χ4n) is 1.04. The minimum Gasteiger partial charge on any atom is -0.258 e. The summed E-state index contributed by atoms with van der Waals surface area (Å²) in [7, 11) is 4.81. The molecule has 0 amide bonds. The zero-order valence-electron chi connectivity index (χ0n) is 8.08. The molecule has 0 atom stereocenters. The Hall–Kier alpha value is -0.320. The number of aromatic nitrogens is 1. The lowest BCUT2D eigenvalue weighted by atomic mass is 10.2. The summed E-state index contributed by atoms with van der Waals surface area (Å²) in [6.45, 7) is 6.11. The zero-order chi connectivity index (χ0) is 11.4. The van der Waals surface area contributed by atoms with Crippen LogP contribution in [0.1, 0.15) is 17.0 Å². The Morgan fingerprint density at radius 1 is 1.07 bits per heavy atom. The lowest BCUT2D eigenvalue weighted by molar-refractivity contribution is 0.621. The van der Waals surface area contributed by atoms with E-state index in [1.807, 2.05) is 13.8 Å². The Labute approximate surface area is 93.0 Å². The second kappa shape index (κ2) is 5.53. The van der Waals surface area contributed by atoms with Crippen LogP contribution in [0.15, 0.2) is 12.1 Å². The van der Waals surface area contributed by atoms with Gasteiger partial charge in [0.05, 0.1) is 0 Å². The van der Waals surface area contributed by atoms with Crippen LogP contribution in [-0.2, 0) is 8.26 Å². The van der Waals surface area contributed by atoms with Crippen LogP contribution in [0.25, 0.3) is 0 Å². The van der Waals surface area contributed by atoms with Crippen molar-refractivity contribution >= 4 is 29.6 Å². The maximum Gasteiger partial charge on any atom is 0.317 e. The molecular formula is C8H11Cl2NO2S. The van der Waals surface area contributed by atoms with Crippen molar-refractivity contribution in [1.29, 1.82) is 0 Å². The van der Waals surface area contributed by atoms with E-state index < -0.39 is 8.26 Å². The SMILES string of the molecule is Cc1cc(C)nc(C)c1.O=S(=O)(Cl)Cl. The van der Waals surface area contributed by atoms with Gasteiger partial charge in [0, 0.05) is 32.8 Å². The summed E-state index contributed by atoms with van der Waals surface area (Å²) in [5.41, 5.74) is 3.50. The maximum absolute atomic E-state index is 9.16. The van der Waals surface area contributed by atoms with Gasteiger partial charge in [-0.3, -0.25) is 4.98 Å². The molecule has 0 fully saturated rings.